The van der Waals surface area contributed by atoms with Gasteiger partial charge in [-0.2, -0.15) is 0 Å². The van der Waals surface area contributed by atoms with E-state index in [1.807, 2.05) is 13.0 Å². The Hall–Kier alpha value is -0.346. The molecule has 0 aromatic rings. The number of rotatable bonds is 9. The molecule has 0 aromatic heterocycles. The van der Waals surface area contributed by atoms with Crippen molar-refractivity contribution in [3.8, 4) is 0 Å². The Balaban J connectivity index is 4.34. The van der Waals surface area contributed by atoms with Crippen LogP contribution in [0.5, 0.6) is 0 Å². The number of ether oxygens (including phenoxy) is 2. The van der Waals surface area contributed by atoms with Crippen molar-refractivity contribution >= 4 is 0 Å². The first-order valence-electron chi connectivity index (χ1n) is 4.78. The maximum atomic E-state index is 5.42. The maximum absolute atomic E-state index is 5.42. The third-order valence-electron chi connectivity index (χ3n) is 1.49. The fourth-order valence-corrected chi connectivity index (χ4v) is 1.19. The molecule has 0 fully saturated rings. The zero-order valence-electron chi connectivity index (χ0n) is 9.07. The van der Waals surface area contributed by atoms with Crippen LogP contribution in [0.2, 0.25) is 0 Å². The van der Waals surface area contributed by atoms with Crippen molar-refractivity contribution in [2.24, 2.45) is 0 Å². The molecule has 83 valence electrons. The summed E-state index contributed by atoms with van der Waals surface area (Å²) < 4.78 is 16.0. The molecular formula is C11H17O3Ti. The molecule has 0 aliphatic heterocycles. The third-order valence-corrected chi connectivity index (χ3v) is 1.85. The van der Waals surface area contributed by atoms with Crippen molar-refractivity contribution in [1.29, 1.82) is 0 Å². The summed E-state index contributed by atoms with van der Waals surface area (Å²) >= 11 is 1.60. The zero-order chi connectivity index (χ0) is 11.5. The monoisotopic (exact) mass is 245 g/mol. The zero-order valence-corrected chi connectivity index (χ0v) is 10.6. The summed E-state index contributed by atoms with van der Waals surface area (Å²) in [6.07, 6.45) is 5.66. The standard InChI is InChI=1S/C11H18O3.Ti/c1-4-7-10(12)11(13-8-5-2)14-9-6-3;/h5-7,11-12H,2-4,8-9H2,1H3;/q;+1/p-1. The van der Waals surface area contributed by atoms with Crippen molar-refractivity contribution in [3.63, 3.8) is 0 Å². The van der Waals surface area contributed by atoms with Gasteiger partial charge >= 0.3 is 104 Å². The molecular weight excluding hydrogens is 228 g/mol. The van der Waals surface area contributed by atoms with Crippen molar-refractivity contribution in [2.45, 2.75) is 19.6 Å². The van der Waals surface area contributed by atoms with Crippen molar-refractivity contribution in [1.82, 2.24) is 0 Å². The Kier molecular flexibility index (Phi) is 9.95. The summed E-state index contributed by atoms with van der Waals surface area (Å²) in [6, 6.07) is 0. The number of hydrogen-bond acceptors (Lipinski definition) is 3. The van der Waals surface area contributed by atoms with Crippen LogP contribution in [0.3, 0.4) is 0 Å². The molecule has 0 atom stereocenters. The van der Waals surface area contributed by atoms with E-state index < -0.39 is 6.29 Å². The van der Waals surface area contributed by atoms with Gasteiger partial charge in [0.1, 0.15) is 0 Å². The fraction of sp³-hybridized carbons (Fsp3) is 0.455. The Morgan fingerprint density at radius 2 is 1.80 bits per heavy atom. The fourth-order valence-electron chi connectivity index (χ4n) is 0.910. The van der Waals surface area contributed by atoms with E-state index in [1.54, 1.807) is 33.0 Å². The summed E-state index contributed by atoms with van der Waals surface area (Å²) in [4.78, 5) is 0. The van der Waals surface area contributed by atoms with E-state index >= 15 is 0 Å². The van der Waals surface area contributed by atoms with Gasteiger partial charge < -0.3 is 0 Å². The van der Waals surface area contributed by atoms with Crippen LogP contribution in [0.4, 0.5) is 0 Å². The third kappa shape index (κ3) is 6.69. The first kappa shape index (κ1) is 14.7. The molecule has 3 nitrogen and oxygen atoms in total. The van der Waals surface area contributed by atoms with E-state index in [-0.39, 0.29) is 0 Å². The van der Waals surface area contributed by atoms with Gasteiger partial charge in [0.05, 0.1) is 0 Å². The van der Waals surface area contributed by atoms with Gasteiger partial charge in [0.2, 0.25) is 0 Å². The summed E-state index contributed by atoms with van der Waals surface area (Å²) in [6.45, 7) is 10.0. The van der Waals surface area contributed by atoms with Gasteiger partial charge in [-0.05, 0) is 0 Å². The van der Waals surface area contributed by atoms with Crippen LogP contribution in [-0.2, 0) is 33.6 Å². The van der Waals surface area contributed by atoms with Gasteiger partial charge in [-0.1, -0.05) is 0 Å². The molecule has 0 saturated heterocycles. The van der Waals surface area contributed by atoms with Crippen molar-refractivity contribution in [3.05, 3.63) is 37.1 Å². The molecule has 15 heavy (non-hydrogen) atoms. The minimum absolute atomic E-state index is 0.423. The van der Waals surface area contributed by atoms with Gasteiger partial charge in [-0.3, -0.25) is 0 Å². The molecule has 0 radical (unpaired) electrons. The van der Waals surface area contributed by atoms with Crippen molar-refractivity contribution < 1.29 is 33.6 Å². The Morgan fingerprint density at radius 1 is 1.27 bits per heavy atom. The average molecular weight is 245 g/mol. The van der Waals surface area contributed by atoms with Crippen LogP contribution >= 0.6 is 0 Å². The van der Waals surface area contributed by atoms with Gasteiger partial charge in [0, 0.05) is 0 Å². The van der Waals surface area contributed by atoms with Gasteiger partial charge in [-0.15, -0.1) is 0 Å². The Bertz CT molecular complexity index is 202. The van der Waals surface area contributed by atoms with Crippen LogP contribution < -0.4 is 0 Å². The molecule has 0 amide bonds. The second-order valence-corrected chi connectivity index (χ2v) is 3.01. The molecule has 0 spiro atoms. The van der Waals surface area contributed by atoms with Crippen LogP contribution in [0.15, 0.2) is 37.1 Å². The minimum atomic E-state index is -0.481. The molecule has 0 rings (SSSR count). The Labute approximate surface area is 104 Å². The van der Waals surface area contributed by atoms with E-state index in [2.05, 4.69) is 13.2 Å². The molecule has 0 saturated carbocycles. The Morgan fingerprint density at radius 3 is 2.13 bits per heavy atom. The molecule has 0 bridgehead atoms. The quantitative estimate of drug-likeness (QED) is 0.270. The van der Waals surface area contributed by atoms with E-state index in [9.17, 15) is 0 Å². The van der Waals surface area contributed by atoms with Gasteiger partial charge in [0.25, 0.3) is 0 Å². The number of allylic oxidation sites excluding steroid dienone is 1. The predicted molar refractivity (Wildman–Crippen MR) is 55.5 cm³/mol. The van der Waals surface area contributed by atoms with Crippen LogP contribution in [0, 0.1) is 0 Å². The first-order valence-corrected chi connectivity index (χ1v) is 5.42. The number of hydrogen-bond donors (Lipinski definition) is 0. The van der Waals surface area contributed by atoms with Crippen molar-refractivity contribution in [2.75, 3.05) is 13.2 Å². The average Bonchev–Trinajstić information content (AvgIpc) is 2.27. The second kappa shape index (κ2) is 10.2. The van der Waals surface area contributed by atoms with Gasteiger partial charge in [0.15, 0.2) is 0 Å². The van der Waals surface area contributed by atoms with E-state index in [4.69, 9.17) is 12.8 Å². The summed E-state index contributed by atoms with van der Waals surface area (Å²) in [5.41, 5.74) is 0. The molecule has 0 aromatic carbocycles. The molecule has 4 heteroatoms. The van der Waals surface area contributed by atoms with Crippen LogP contribution in [0.1, 0.15) is 13.3 Å². The van der Waals surface area contributed by atoms with E-state index in [0.29, 0.717) is 19.0 Å². The van der Waals surface area contributed by atoms with Crippen LogP contribution in [0.25, 0.3) is 0 Å². The molecule has 0 aliphatic rings. The molecule has 0 unspecified atom stereocenters. The predicted octanol–water partition coefficient (Wildman–Crippen LogP) is 2.49. The second-order valence-electron chi connectivity index (χ2n) is 2.69. The first-order chi connectivity index (χ1) is 7.29. The molecule has 0 heterocycles. The molecule has 0 N–H and O–H groups in total. The SMILES string of the molecule is C=CCOC(OCC=C)C(=CCC)[O][Ti]. The van der Waals surface area contributed by atoms with E-state index in [0.717, 1.165) is 6.42 Å². The molecule has 0 aliphatic carbocycles. The summed E-state index contributed by atoms with van der Waals surface area (Å²) in [7, 11) is 0. The summed E-state index contributed by atoms with van der Waals surface area (Å²) in [5.74, 6) is 0.682. The van der Waals surface area contributed by atoms with E-state index in [1.165, 1.54) is 0 Å². The normalized spacial score (nSPS) is 11.4. The van der Waals surface area contributed by atoms with Gasteiger partial charge in [-0.25, -0.2) is 0 Å². The topological polar surface area (TPSA) is 27.7 Å². The van der Waals surface area contributed by atoms with Crippen LogP contribution in [-0.4, -0.2) is 19.5 Å². The summed E-state index contributed by atoms with van der Waals surface area (Å²) in [5, 5.41) is 0.